The van der Waals surface area contributed by atoms with Crippen molar-refractivity contribution in [1.82, 2.24) is 0 Å². The molecule has 1 aliphatic carbocycles. The number of nitrogens with one attached hydrogen (secondary N) is 1. The minimum absolute atomic E-state index is 0.0535. The summed E-state index contributed by atoms with van der Waals surface area (Å²) in [6, 6.07) is 27.7. The number of non-ortho nitro benzene ring substituents is 1. The van der Waals surface area contributed by atoms with Crippen LogP contribution in [0.25, 0.3) is 0 Å². The van der Waals surface area contributed by atoms with Crippen LogP contribution >= 0.6 is 22.6 Å². The Kier molecular flexibility index (Phi) is 8.23. The quantitative estimate of drug-likeness (QED) is 0.0633. The first kappa shape index (κ1) is 28.0. The third kappa shape index (κ3) is 5.90. The molecular weight excluding hydrogens is 641 g/mol. The Hall–Kier alpha value is -4.18. The molecule has 0 radical (unpaired) electrons. The third-order valence-electron chi connectivity index (χ3n) is 7.75. The molecule has 212 valence electrons. The minimum Gasteiger partial charge on any atom is -0.490 e. The summed E-state index contributed by atoms with van der Waals surface area (Å²) in [7, 11) is 0. The van der Waals surface area contributed by atoms with E-state index < -0.39 is 4.92 Å². The van der Waals surface area contributed by atoms with Crippen LogP contribution in [0.1, 0.15) is 47.6 Å². The summed E-state index contributed by atoms with van der Waals surface area (Å²) < 4.78 is 12.9. The number of anilines is 1. The highest BCUT2D eigenvalue weighted by Gasteiger charge is 2.37. The van der Waals surface area contributed by atoms with Gasteiger partial charge >= 0.3 is 0 Å². The van der Waals surface area contributed by atoms with Crippen LogP contribution < -0.4 is 14.8 Å². The van der Waals surface area contributed by atoms with E-state index in [1.807, 2.05) is 25.3 Å². The van der Waals surface area contributed by atoms with Crippen LogP contribution in [-0.2, 0) is 6.61 Å². The van der Waals surface area contributed by atoms with Crippen molar-refractivity contribution in [2.75, 3.05) is 11.9 Å². The average Bonchev–Trinajstić information content (AvgIpc) is 3.50. The molecule has 0 amide bonds. The van der Waals surface area contributed by atoms with Crippen molar-refractivity contribution in [2.24, 2.45) is 10.9 Å². The first-order valence-corrected chi connectivity index (χ1v) is 15.1. The van der Waals surface area contributed by atoms with Crippen LogP contribution in [0.15, 0.2) is 102 Å². The fourth-order valence-corrected chi connectivity index (χ4v) is 6.51. The molecular formula is C34H30IN3O4. The number of halogens is 1. The van der Waals surface area contributed by atoms with Gasteiger partial charge in [-0.25, -0.2) is 0 Å². The number of nitrogens with zero attached hydrogens (tertiary/aromatic N) is 2. The smallest absolute Gasteiger partial charge is 0.269 e. The topological polar surface area (TPSA) is 86.0 Å². The van der Waals surface area contributed by atoms with Gasteiger partial charge in [-0.1, -0.05) is 42.5 Å². The number of fused-ring (bicyclic) bond motifs is 3. The zero-order chi connectivity index (χ0) is 29.1. The molecule has 3 atom stereocenters. The van der Waals surface area contributed by atoms with Gasteiger partial charge in [0.25, 0.3) is 5.69 Å². The van der Waals surface area contributed by atoms with Crippen LogP contribution in [0.2, 0.25) is 0 Å². The predicted molar refractivity (Wildman–Crippen MR) is 174 cm³/mol. The van der Waals surface area contributed by atoms with Gasteiger partial charge in [-0.3, -0.25) is 15.1 Å². The Balaban J connectivity index is 1.16. The van der Waals surface area contributed by atoms with Crippen molar-refractivity contribution in [1.29, 1.82) is 0 Å². The first-order valence-electron chi connectivity index (χ1n) is 14.0. The molecule has 1 aliphatic heterocycles. The van der Waals surface area contributed by atoms with E-state index in [0.29, 0.717) is 29.9 Å². The lowest BCUT2D eigenvalue weighted by Gasteiger charge is -2.37. The number of hydrogen-bond donors (Lipinski definition) is 1. The molecule has 0 unspecified atom stereocenters. The maximum atomic E-state index is 10.9. The Morgan fingerprint density at radius 3 is 2.60 bits per heavy atom. The molecule has 7 nitrogen and oxygen atoms in total. The Bertz CT molecular complexity index is 1650. The first-order chi connectivity index (χ1) is 20.5. The highest BCUT2D eigenvalue weighted by Crippen LogP contribution is 2.49. The maximum absolute atomic E-state index is 10.9. The normalized spacial score (nSPS) is 18.8. The van der Waals surface area contributed by atoms with Gasteiger partial charge in [-0.05, 0) is 107 Å². The fraction of sp³-hybridized carbons (Fsp3) is 0.206. The Morgan fingerprint density at radius 1 is 1.05 bits per heavy atom. The molecule has 6 rings (SSSR count). The third-order valence-corrected chi connectivity index (χ3v) is 8.55. The van der Waals surface area contributed by atoms with Crippen molar-refractivity contribution in [3.05, 3.63) is 133 Å². The Labute approximate surface area is 258 Å². The largest absolute Gasteiger partial charge is 0.490 e. The number of allylic oxidation sites excluding steroid dienone is 2. The molecule has 4 aromatic rings. The summed E-state index contributed by atoms with van der Waals surface area (Å²) >= 11 is 2.24. The molecule has 0 bridgehead atoms. The van der Waals surface area contributed by atoms with Gasteiger partial charge < -0.3 is 14.8 Å². The van der Waals surface area contributed by atoms with Crippen LogP contribution in [-0.4, -0.2) is 17.7 Å². The highest BCUT2D eigenvalue weighted by molar-refractivity contribution is 14.1. The van der Waals surface area contributed by atoms with Crippen molar-refractivity contribution in [3.8, 4) is 11.5 Å². The van der Waals surface area contributed by atoms with E-state index in [1.54, 1.807) is 12.1 Å². The van der Waals surface area contributed by atoms with E-state index in [0.717, 1.165) is 26.8 Å². The summed E-state index contributed by atoms with van der Waals surface area (Å²) in [5.41, 5.74) is 6.54. The lowest BCUT2D eigenvalue weighted by molar-refractivity contribution is -0.384. The minimum atomic E-state index is -0.412. The number of rotatable bonds is 9. The molecule has 8 heteroatoms. The SMILES string of the molecule is CCOc1cc(C=Nc2ccc([C@@H]3Nc4ccccc4[C@@H]4C=CC[C@@H]43)cc2)cc(I)c1OCc1ccc([N+](=O)[O-])cc1. The number of ether oxygens (including phenoxy) is 2. The van der Waals surface area contributed by atoms with E-state index in [2.05, 4.69) is 88.6 Å². The van der Waals surface area contributed by atoms with Crippen molar-refractivity contribution in [3.63, 3.8) is 0 Å². The number of nitro benzene ring substituents is 1. The Morgan fingerprint density at radius 2 is 1.83 bits per heavy atom. The summed E-state index contributed by atoms with van der Waals surface area (Å²) in [5.74, 6) is 2.23. The van der Waals surface area contributed by atoms with E-state index in [1.165, 1.54) is 28.9 Å². The summed E-state index contributed by atoms with van der Waals surface area (Å²) in [5, 5.41) is 14.7. The van der Waals surface area contributed by atoms with Crippen LogP contribution in [0, 0.1) is 19.6 Å². The maximum Gasteiger partial charge on any atom is 0.269 e. The molecule has 0 saturated carbocycles. The van der Waals surface area contributed by atoms with Crippen LogP contribution in [0.3, 0.4) is 0 Å². The van der Waals surface area contributed by atoms with Crippen LogP contribution in [0.4, 0.5) is 17.1 Å². The summed E-state index contributed by atoms with van der Waals surface area (Å²) in [6.45, 7) is 2.69. The zero-order valence-corrected chi connectivity index (χ0v) is 25.2. The summed E-state index contributed by atoms with van der Waals surface area (Å²) in [4.78, 5) is 15.3. The average molecular weight is 672 g/mol. The second-order valence-electron chi connectivity index (χ2n) is 10.4. The molecule has 0 spiro atoms. The van der Waals surface area contributed by atoms with Crippen LogP contribution in [0.5, 0.6) is 11.5 Å². The standard InChI is InChI=1S/C34H30IN3O4/c1-2-41-32-19-23(18-30(35)34(32)42-21-22-10-16-26(17-11-22)38(39)40)20-36-25-14-12-24(13-15-25)33-29-8-5-7-27(29)28-6-3-4-9-31(28)37-33/h3-7,9-20,27,29,33,37H,2,8,21H2,1H3/t27-,29-,33-/m0/s1. The van der Waals surface area contributed by atoms with E-state index in [4.69, 9.17) is 14.5 Å². The summed E-state index contributed by atoms with van der Waals surface area (Å²) in [6.07, 6.45) is 7.59. The van der Waals surface area contributed by atoms with Gasteiger partial charge in [0.2, 0.25) is 0 Å². The second-order valence-corrected chi connectivity index (χ2v) is 11.5. The number of hydrogen-bond acceptors (Lipinski definition) is 6. The van der Waals surface area contributed by atoms with Gasteiger partial charge in [-0.2, -0.15) is 0 Å². The molecule has 1 N–H and O–H groups in total. The van der Waals surface area contributed by atoms with Crippen molar-refractivity contribution >= 4 is 45.9 Å². The van der Waals surface area contributed by atoms with Gasteiger partial charge in [0.15, 0.2) is 11.5 Å². The molecule has 0 aromatic heterocycles. The number of para-hydroxylation sites is 1. The van der Waals surface area contributed by atoms with E-state index in [-0.39, 0.29) is 18.3 Å². The van der Waals surface area contributed by atoms with Gasteiger partial charge in [0.1, 0.15) is 6.61 Å². The monoisotopic (exact) mass is 671 g/mol. The zero-order valence-electron chi connectivity index (χ0n) is 23.1. The van der Waals surface area contributed by atoms with Crippen molar-refractivity contribution < 1.29 is 14.4 Å². The molecule has 2 aliphatic rings. The van der Waals surface area contributed by atoms with Gasteiger partial charge in [0.05, 0.1) is 26.8 Å². The fourth-order valence-electron chi connectivity index (χ4n) is 5.73. The van der Waals surface area contributed by atoms with Gasteiger partial charge in [-0.15, -0.1) is 0 Å². The second kappa shape index (κ2) is 12.4. The molecule has 0 saturated heterocycles. The lowest BCUT2D eigenvalue weighted by atomic mass is 9.77. The van der Waals surface area contributed by atoms with Gasteiger partial charge in [0, 0.05) is 30.0 Å². The van der Waals surface area contributed by atoms with E-state index in [9.17, 15) is 10.1 Å². The number of aliphatic imine (C=N–C) groups is 1. The van der Waals surface area contributed by atoms with Crippen molar-refractivity contribution in [2.45, 2.75) is 31.9 Å². The molecule has 42 heavy (non-hydrogen) atoms. The number of nitro groups is 1. The highest BCUT2D eigenvalue weighted by atomic mass is 127. The molecule has 1 heterocycles. The lowest BCUT2D eigenvalue weighted by Crippen LogP contribution is -2.28. The van der Waals surface area contributed by atoms with E-state index >= 15 is 0 Å². The predicted octanol–water partition coefficient (Wildman–Crippen LogP) is 8.75. The molecule has 0 fully saturated rings. The molecule has 4 aromatic carbocycles. The number of benzene rings is 4.